The first-order valence-corrected chi connectivity index (χ1v) is 14.4. The van der Waals surface area contributed by atoms with Crippen LogP contribution in [0.2, 0.25) is 5.02 Å². The van der Waals surface area contributed by atoms with Crippen LogP contribution in [0.5, 0.6) is 5.75 Å². The maximum atomic E-state index is 12.8. The second-order valence-electron chi connectivity index (χ2n) is 11.5. The first kappa shape index (κ1) is 29.7. The lowest BCUT2D eigenvalue weighted by molar-refractivity contribution is -0.146. The number of ether oxygens (including phenoxy) is 2. The van der Waals surface area contributed by atoms with Crippen LogP contribution in [0, 0.1) is 19.3 Å². The highest BCUT2D eigenvalue weighted by atomic mass is 35.5. The average molecular weight is 565 g/mol. The van der Waals surface area contributed by atoms with Crippen molar-refractivity contribution in [2.75, 3.05) is 36.5 Å². The van der Waals surface area contributed by atoms with Crippen LogP contribution in [0.15, 0.2) is 42.7 Å². The highest BCUT2D eigenvalue weighted by Gasteiger charge is 2.29. The van der Waals surface area contributed by atoms with E-state index in [1.165, 1.54) is 0 Å². The molecule has 1 N–H and O–H groups in total. The lowest BCUT2D eigenvalue weighted by atomic mass is 9.82. The van der Waals surface area contributed by atoms with Crippen LogP contribution in [0.3, 0.4) is 0 Å². The summed E-state index contributed by atoms with van der Waals surface area (Å²) >= 11 is 6.26. The molecule has 40 heavy (non-hydrogen) atoms. The number of anilines is 2. The van der Waals surface area contributed by atoms with Crippen molar-refractivity contribution >= 4 is 29.1 Å². The molecule has 1 saturated heterocycles. The van der Waals surface area contributed by atoms with Crippen molar-refractivity contribution in [2.45, 2.75) is 66.9 Å². The molecule has 7 nitrogen and oxygen atoms in total. The van der Waals surface area contributed by atoms with Crippen LogP contribution in [-0.2, 0) is 16.0 Å². The molecule has 2 aromatic heterocycles. The number of nitrogens with zero attached hydrogens (tertiary/aromatic N) is 3. The lowest BCUT2D eigenvalue weighted by Gasteiger charge is -2.40. The minimum Gasteiger partial charge on any atom is -0.490 e. The number of piperidine rings is 1. The topological polar surface area (TPSA) is 76.6 Å². The van der Waals surface area contributed by atoms with E-state index in [1.807, 2.05) is 70.4 Å². The summed E-state index contributed by atoms with van der Waals surface area (Å²) in [4.78, 5) is 24.5. The molecule has 1 aromatic carbocycles. The molecule has 0 bridgehead atoms. The third-order valence-corrected chi connectivity index (χ3v) is 7.68. The third kappa shape index (κ3) is 7.45. The van der Waals surface area contributed by atoms with Gasteiger partial charge in [0.15, 0.2) is 0 Å². The Labute approximate surface area is 243 Å². The van der Waals surface area contributed by atoms with E-state index in [9.17, 15) is 4.79 Å². The fraction of sp³-hybridized carbons (Fsp3) is 0.469. The van der Waals surface area contributed by atoms with Crippen molar-refractivity contribution in [3.05, 3.63) is 64.6 Å². The van der Waals surface area contributed by atoms with Crippen molar-refractivity contribution in [2.24, 2.45) is 5.41 Å². The Hall–Kier alpha value is -3.32. The van der Waals surface area contributed by atoms with E-state index < -0.39 is 0 Å². The zero-order valence-corrected chi connectivity index (χ0v) is 25.3. The highest BCUT2D eigenvalue weighted by molar-refractivity contribution is 6.32. The summed E-state index contributed by atoms with van der Waals surface area (Å²) in [5.74, 6) is 1.23. The Morgan fingerprint density at radius 3 is 2.50 bits per heavy atom. The van der Waals surface area contributed by atoms with E-state index in [0.29, 0.717) is 29.3 Å². The van der Waals surface area contributed by atoms with Crippen LogP contribution in [0.4, 0.5) is 11.5 Å². The predicted molar refractivity (Wildman–Crippen MR) is 163 cm³/mol. The predicted octanol–water partition coefficient (Wildman–Crippen LogP) is 7.03. The molecule has 0 atom stereocenters. The van der Waals surface area contributed by atoms with E-state index in [2.05, 4.69) is 29.0 Å². The van der Waals surface area contributed by atoms with Crippen LogP contribution in [0.25, 0.3) is 11.1 Å². The fourth-order valence-electron chi connectivity index (χ4n) is 4.99. The van der Waals surface area contributed by atoms with Gasteiger partial charge in [-0.2, -0.15) is 0 Å². The number of benzene rings is 1. The first-order chi connectivity index (χ1) is 19.0. The highest BCUT2D eigenvalue weighted by Crippen LogP contribution is 2.40. The van der Waals surface area contributed by atoms with Gasteiger partial charge in [0.2, 0.25) is 0 Å². The summed E-state index contributed by atoms with van der Waals surface area (Å²) in [5.41, 5.74) is 6.09. The molecular weight excluding hydrogens is 524 g/mol. The van der Waals surface area contributed by atoms with Gasteiger partial charge in [-0.25, -0.2) is 4.98 Å². The molecular formula is C32H41ClN4O3. The first-order valence-electron chi connectivity index (χ1n) is 14.0. The normalized spacial score (nSPS) is 14.8. The second-order valence-corrected chi connectivity index (χ2v) is 12.0. The Bertz CT molecular complexity index is 1290. The van der Waals surface area contributed by atoms with Crippen LogP contribution >= 0.6 is 11.6 Å². The van der Waals surface area contributed by atoms with Crippen LogP contribution < -0.4 is 15.0 Å². The van der Waals surface area contributed by atoms with Gasteiger partial charge in [0.05, 0.1) is 29.8 Å². The monoisotopic (exact) mass is 564 g/mol. The van der Waals surface area contributed by atoms with Gasteiger partial charge in [0.25, 0.3) is 0 Å². The third-order valence-electron chi connectivity index (χ3n) is 7.38. The molecule has 0 radical (unpaired) electrons. The Morgan fingerprint density at radius 1 is 1.10 bits per heavy atom. The Kier molecular flexibility index (Phi) is 9.56. The van der Waals surface area contributed by atoms with Crippen molar-refractivity contribution in [1.82, 2.24) is 9.97 Å². The molecule has 0 amide bonds. The number of nitrogens with one attached hydrogen (secondary N) is 1. The number of hydrogen-bond donors (Lipinski definition) is 1. The minimum absolute atomic E-state index is 0.161. The number of esters is 1. The van der Waals surface area contributed by atoms with Gasteiger partial charge in [-0.3, -0.25) is 9.78 Å². The summed E-state index contributed by atoms with van der Waals surface area (Å²) < 4.78 is 11.4. The molecule has 0 spiro atoms. The van der Waals surface area contributed by atoms with Crippen molar-refractivity contribution in [3.8, 4) is 16.9 Å². The number of halogens is 1. The van der Waals surface area contributed by atoms with Crippen molar-refractivity contribution in [3.63, 3.8) is 0 Å². The summed E-state index contributed by atoms with van der Waals surface area (Å²) in [7, 11) is 0. The van der Waals surface area contributed by atoms with Crippen molar-refractivity contribution in [1.29, 1.82) is 0 Å². The number of rotatable bonds is 10. The van der Waals surface area contributed by atoms with E-state index in [-0.39, 0.29) is 18.5 Å². The summed E-state index contributed by atoms with van der Waals surface area (Å²) in [6.07, 6.45) is 5.97. The number of aromatic nitrogens is 2. The molecule has 3 aromatic rings. The largest absolute Gasteiger partial charge is 0.490 e. The number of carbonyl (C=O) groups is 1. The van der Waals surface area contributed by atoms with Gasteiger partial charge in [-0.05, 0) is 69.7 Å². The maximum absolute atomic E-state index is 12.8. The standard InChI is InChI=1S/C32H41ClN4O3/c1-21(2)40-29(38)18-25-23(4)35-20-26(30(25)37-15-12-32(5,6)13-16-37)24-10-11-28(36-19-24)34-14-17-39-31-22(3)8-7-9-27(31)33/h7-11,19-21H,12-18H2,1-6H3,(H,34,36). The lowest BCUT2D eigenvalue weighted by Crippen LogP contribution is -2.38. The molecule has 8 heteroatoms. The van der Waals surface area contributed by atoms with Crippen LogP contribution in [-0.4, -0.2) is 48.3 Å². The van der Waals surface area contributed by atoms with Gasteiger partial charge in [-0.1, -0.05) is 37.6 Å². The molecule has 1 aliphatic rings. The maximum Gasteiger partial charge on any atom is 0.310 e. The Morgan fingerprint density at radius 2 is 1.85 bits per heavy atom. The average Bonchev–Trinajstić information content (AvgIpc) is 2.89. The zero-order valence-electron chi connectivity index (χ0n) is 24.5. The molecule has 1 aliphatic heterocycles. The van der Waals surface area contributed by atoms with Gasteiger partial charge >= 0.3 is 5.97 Å². The number of aryl methyl sites for hydroxylation is 2. The molecule has 0 unspecified atom stereocenters. The second kappa shape index (κ2) is 12.9. The molecule has 0 aliphatic carbocycles. The van der Waals surface area contributed by atoms with Gasteiger partial charge in [0.1, 0.15) is 18.2 Å². The van der Waals surface area contributed by atoms with Gasteiger partial charge < -0.3 is 19.7 Å². The molecule has 4 rings (SSSR count). The SMILES string of the molecule is Cc1cccc(Cl)c1OCCNc1ccc(-c2cnc(C)c(CC(=O)OC(C)C)c2N2CCC(C)(C)CC2)cn1. The van der Waals surface area contributed by atoms with E-state index in [0.717, 1.165) is 65.4 Å². The molecule has 0 saturated carbocycles. The van der Waals surface area contributed by atoms with Crippen LogP contribution in [0.1, 0.15) is 57.4 Å². The van der Waals surface area contributed by atoms with Gasteiger partial charge in [0, 0.05) is 47.9 Å². The Balaban J connectivity index is 1.53. The molecule has 214 valence electrons. The minimum atomic E-state index is -0.234. The number of pyridine rings is 2. The van der Waals surface area contributed by atoms with E-state index in [4.69, 9.17) is 26.1 Å². The number of para-hydroxylation sites is 1. The number of carbonyl (C=O) groups excluding carboxylic acids is 1. The summed E-state index contributed by atoms with van der Waals surface area (Å²) in [6, 6.07) is 9.73. The van der Waals surface area contributed by atoms with E-state index in [1.54, 1.807) is 0 Å². The fourth-order valence-corrected chi connectivity index (χ4v) is 5.27. The van der Waals surface area contributed by atoms with Gasteiger partial charge in [-0.15, -0.1) is 0 Å². The smallest absolute Gasteiger partial charge is 0.310 e. The quantitative estimate of drug-likeness (QED) is 0.209. The van der Waals surface area contributed by atoms with E-state index >= 15 is 0 Å². The zero-order chi connectivity index (χ0) is 28.9. The number of hydrogen-bond acceptors (Lipinski definition) is 7. The summed E-state index contributed by atoms with van der Waals surface area (Å²) in [5, 5.41) is 3.93. The van der Waals surface area contributed by atoms with Crippen molar-refractivity contribution < 1.29 is 14.3 Å². The molecule has 1 fully saturated rings. The summed E-state index contributed by atoms with van der Waals surface area (Å²) in [6.45, 7) is 15.2. The molecule has 3 heterocycles.